The fourth-order valence-corrected chi connectivity index (χ4v) is 3.76. The highest BCUT2D eigenvalue weighted by molar-refractivity contribution is 5.94. The van der Waals surface area contributed by atoms with Gasteiger partial charge in [-0.2, -0.15) is 0 Å². The zero-order valence-corrected chi connectivity index (χ0v) is 19.8. The van der Waals surface area contributed by atoms with Crippen molar-refractivity contribution in [2.75, 3.05) is 32.7 Å². The van der Waals surface area contributed by atoms with E-state index in [1.165, 1.54) is 6.42 Å². The largest absolute Gasteiger partial charge is 0.444 e. The predicted octanol–water partition coefficient (Wildman–Crippen LogP) is 2.99. The van der Waals surface area contributed by atoms with Crippen molar-refractivity contribution < 1.29 is 14.3 Å². The van der Waals surface area contributed by atoms with Gasteiger partial charge in [0.2, 0.25) is 0 Å². The average Bonchev–Trinajstić information content (AvgIpc) is 2.73. The maximum absolute atomic E-state index is 12.6. The summed E-state index contributed by atoms with van der Waals surface area (Å²) in [4.78, 5) is 33.0. The van der Waals surface area contributed by atoms with Gasteiger partial charge in [0.25, 0.3) is 5.91 Å². The number of amides is 2. The maximum Gasteiger partial charge on any atom is 0.410 e. The smallest absolute Gasteiger partial charge is 0.410 e. The molecular weight excluding hydrogens is 406 g/mol. The van der Waals surface area contributed by atoms with Crippen molar-refractivity contribution in [3.63, 3.8) is 0 Å². The summed E-state index contributed by atoms with van der Waals surface area (Å²) in [5.74, 6) is 0.837. The molecule has 0 bridgehead atoms. The minimum atomic E-state index is -0.486. The number of rotatable bonds is 5. The third kappa shape index (κ3) is 6.87. The van der Waals surface area contributed by atoms with Gasteiger partial charge in [-0.1, -0.05) is 12.1 Å². The van der Waals surface area contributed by atoms with Gasteiger partial charge in [0.15, 0.2) is 5.96 Å². The molecule has 176 valence electrons. The van der Waals surface area contributed by atoms with E-state index in [0.29, 0.717) is 19.6 Å². The number of guanidine groups is 1. The van der Waals surface area contributed by atoms with Crippen LogP contribution in [0.25, 0.3) is 0 Å². The summed E-state index contributed by atoms with van der Waals surface area (Å²) in [7, 11) is 0. The van der Waals surface area contributed by atoms with Crippen molar-refractivity contribution >= 4 is 18.0 Å². The molecule has 0 unspecified atom stereocenters. The average molecular weight is 444 g/mol. The fourth-order valence-electron chi connectivity index (χ4n) is 3.76. The van der Waals surface area contributed by atoms with Gasteiger partial charge in [-0.05, 0) is 64.7 Å². The molecule has 0 radical (unpaired) electrons. The van der Waals surface area contributed by atoms with Crippen molar-refractivity contribution in [1.29, 1.82) is 0 Å². The number of nitrogens with zero attached hydrogens (tertiary/aromatic N) is 3. The SMILES string of the molecule is CCNC(=NCc1ccc(C(=O)N2CCCCC2)cc1)NC1CN(C(=O)OC(C)(C)C)C1. The van der Waals surface area contributed by atoms with Crippen LogP contribution in [0.5, 0.6) is 0 Å². The van der Waals surface area contributed by atoms with Crippen molar-refractivity contribution in [2.24, 2.45) is 4.99 Å². The van der Waals surface area contributed by atoms with Gasteiger partial charge in [0, 0.05) is 38.3 Å². The standard InChI is InChI=1S/C24H37N5O3/c1-5-25-22(27-20-16-29(17-20)23(31)32-24(2,3)4)26-15-18-9-11-19(12-10-18)21(30)28-13-7-6-8-14-28/h9-12,20H,5-8,13-17H2,1-4H3,(H2,25,26,27). The molecule has 0 spiro atoms. The number of carbonyl (C=O) groups excluding carboxylic acids is 2. The van der Waals surface area contributed by atoms with E-state index in [-0.39, 0.29) is 18.0 Å². The fraction of sp³-hybridized carbons (Fsp3) is 0.625. The zero-order chi connectivity index (χ0) is 23.1. The maximum atomic E-state index is 12.6. The second kappa shape index (κ2) is 10.7. The molecule has 2 aliphatic rings. The quantitative estimate of drug-likeness (QED) is 0.540. The summed E-state index contributed by atoms with van der Waals surface area (Å²) in [6, 6.07) is 7.87. The molecule has 1 aromatic rings. The molecule has 2 aliphatic heterocycles. The van der Waals surface area contributed by atoms with E-state index in [4.69, 9.17) is 4.74 Å². The summed E-state index contributed by atoms with van der Waals surface area (Å²) in [5.41, 5.74) is 1.29. The number of hydrogen-bond donors (Lipinski definition) is 2. The summed E-state index contributed by atoms with van der Waals surface area (Å²) < 4.78 is 5.40. The molecule has 2 fully saturated rings. The molecule has 2 amide bonds. The lowest BCUT2D eigenvalue weighted by atomic mass is 10.1. The van der Waals surface area contributed by atoms with Gasteiger partial charge in [-0.3, -0.25) is 4.79 Å². The van der Waals surface area contributed by atoms with Crippen LogP contribution in [0.2, 0.25) is 0 Å². The van der Waals surface area contributed by atoms with Gasteiger partial charge < -0.3 is 25.2 Å². The predicted molar refractivity (Wildman–Crippen MR) is 126 cm³/mol. The Morgan fingerprint density at radius 3 is 2.31 bits per heavy atom. The molecule has 8 heteroatoms. The van der Waals surface area contributed by atoms with Crippen LogP contribution in [0.4, 0.5) is 4.79 Å². The number of ether oxygens (including phenoxy) is 1. The first-order valence-corrected chi connectivity index (χ1v) is 11.7. The van der Waals surface area contributed by atoms with E-state index in [1.54, 1.807) is 4.90 Å². The number of likely N-dealkylation sites (tertiary alicyclic amines) is 2. The van der Waals surface area contributed by atoms with E-state index in [0.717, 1.165) is 49.6 Å². The van der Waals surface area contributed by atoms with E-state index < -0.39 is 5.60 Å². The lowest BCUT2D eigenvalue weighted by molar-refractivity contribution is 0.00700. The topological polar surface area (TPSA) is 86.3 Å². The number of piperidine rings is 1. The Hall–Kier alpha value is -2.77. The number of hydrogen-bond acceptors (Lipinski definition) is 4. The minimum Gasteiger partial charge on any atom is -0.444 e. The highest BCUT2D eigenvalue weighted by Crippen LogP contribution is 2.16. The molecule has 0 saturated carbocycles. The summed E-state index contributed by atoms with van der Waals surface area (Å²) >= 11 is 0. The van der Waals surface area contributed by atoms with Crippen molar-refractivity contribution in [3.05, 3.63) is 35.4 Å². The van der Waals surface area contributed by atoms with Gasteiger partial charge in [-0.15, -0.1) is 0 Å². The molecule has 2 heterocycles. The third-order valence-electron chi connectivity index (χ3n) is 5.48. The van der Waals surface area contributed by atoms with Gasteiger partial charge >= 0.3 is 6.09 Å². The molecule has 0 aliphatic carbocycles. The molecule has 3 rings (SSSR count). The number of carbonyl (C=O) groups is 2. The van der Waals surface area contributed by atoms with Crippen LogP contribution in [-0.4, -0.2) is 72.1 Å². The Balaban J connectivity index is 1.50. The van der Waals surface area contributed by atoms with Crippen LogP contribution in [-0.2, 0) is 11.3 Å². The first kappa shape index (κ1) is 23.9. The number of benzene rings is 1. The Labute approximate surface area is 191 Å². The van der Waals surface area contributed by atoms with Crippen LogP contribution in [0.15, 0.2) is 29.3 Å². The molecular formula is C24H37N5O3. The summed E-state index contributed by atoms with van der Waals surface area (Å²) in [6.45, 7) is 11.8. The lowest BCUT2D eigenvalue weighted by Gasteiger charge is -2.40. The van der Waals surface area contributed by atoms with Crippen molar-refractivity contribution in [1.82, 2.24) is 20.4 Å². The molecule has 0 aromatic heterocycles. The molecule has 2 saturated heterocycles. The first-order valence-electron chi connectivity index (χ1n) is 11.7. The highest BCUT2D eigenvalue weighted by atomic mass is 16.6. The van der Waals surface area contributed by atoms with Gasteiger partial charge in [0.1, 0.15) is 5.60 Å². The van der Waals surface area contributed by atoms with Crippen LogP contribution in [0.3, 0.4) is 0 Å². The summed E-state index contributed by atoms with van der Waals surface area (Å²) in [6.07, 6.45) is 3.12. The second-order valence-corrected chi connectivity index (χ2v) is 9.47. The number of nitrogens with one attached hydrogen (secondary N) is 2. The Morgan fingerprint density at radius 1 is 1.06 bits per heavy atom. The molecule has 32 heavy (non-hydrogen) atoms. The lowest BCUT2D eigenvalue weighted by Crippen LogP contribution is -2.63. The van der Waals surface area contributed by atoms with Crippen molar-refractivity contribution in [3.8, 4) is 0 Å². The number of aliphatic imine (C=N–C) groups is 1. The molecule has 8 nitrogen and oxygen atoms in total. The van der Waals surface area contributed by atoms with Crippen LogP contribution in [0.1, 0.15) is 62.9 Å². The van der Waals surface area contributed by atoms with E-state index in [1.807, 2.05) is 56.9 Å². The first-order chi connectivity index (χ1) is 15.2. The Kier molecular flexibility index (Phi) is 7.99. The molecule has 1 aromatic carbocycles. The monoisotopic (exact) mass is 443 g/mol. The minimum absolute atomic E-state index is 0.120. The van der Waals surface area contributed by atoms with E-state index >= 15 is 0 Å². The van der Waals surface area contributed by atoms with Crippen LogP contribution in [0, 0.1) is 0 Å². The second-order valence-electron chi connectivity index (χ2n) is 9.47. The van der Waals surface area contributed by atoms with Crippen molar-refractivity contribution in [2.45, 2.75) is 65.1 Å². The zero-order valence-electron chi connectivity index (χ0n) is 19.8. The van der Waals surface area contributed by atoms with Gasteiger partial charge in [-0.25, -0.2) is 9.79 Å². The Bertz CT molecular complexity index is 804. The van der Waals surface area contributed by atoms with Crippen LogP contribution >= 0.6 is 0 Å². The normalized spacial score (nSPS) is 17.6. The third-order valence-corrected chi connectivity index (χ3v) is 5.48. The highest BCUT2D eigenvalue weighted by Gasteiger charge is 2.34. The van der Waals surface area contributed by atoms with Gasteiger partial charge in [0.05, 0.1) is 12.6 Å². The van der Waals surface area contributed by atoms with Crippen LogP contribution < -0.4 is 10.6 Å². The van der Waals surface area contributed by atoms with E-state index in [9.17, 15) is 9.59 Å². The van der Waals surface area contributed by atoms with E-state index in [2.05, 4.69) is 15.6 Å². The Morgan fingerprint density at radius 2 is 1.72 bits per heavy atom. The summed E-state index contributed by atoms with van der Waals surface area (Å²) in [5, 5.41) is 6.62. The molecule has 0 atom stereocenters. The molecule has 2 N–H and O–H groups in total.